The SMILES string of the molecule is O=C(N/N=C\c1ccc(OCc2ccc(Cl)cc2Cl)c(Br)c1)c1ccc2ccccc2c1. The van der Waals surface area contributed by atoms with E-state index in [0.717, 1.165) is 26.4 Å². The first-order chi connectivity index (χ1) is 15.5. The molecule has 0 atom stereocenters. The Hall–Kier alpha value is -2.86. The quantitative estimate of drug-likeness (QED) is 0.212. The van der Waals surface area contributed by atoms with E-state index in [0.29, 0.717) is 28.0 Å². The zero-order valence-electron chi connectivity index (χ0n) is 16.7. The summed E-state index contributed by atoms with van der Waals surface area (Å²) >= 11 is 15.6. The van der Waals surface area contributed by atoms with Gasteiger partial charge in [-0.2, -0.15) is 5.10 Å². The van der Waals surface area contributed by atoms with Crippen molar-refractivity contribution in [2.75, 3.05) is 0 Å². The Balaban J connectivity index is 1.37. The molecule has 0 saturated heterocycles. The van der Waals surface area contributed by atoms with Crippen molar-refractivity contribution in [2.24, 2.45) is 5.10 Å². The van der Waals surface area contributed by atoms with Crippen LogP contribution in [0.2, 0.25) is 10.0 Å². The number of hydrazone groups is 1. The van der Waals surface area contributed by atoms with E-state index >= 15 is 0 Å². The fraction of sp³-hybridized carbons (Fsp3) is 0.0400. The van der Waals surface area contributed by atoms with Crippen molar-refractivity contribution in [1.82, 2.24) is 5.43 Å². The number of benzene rings is 4. The van der Waals surface area contributed by atoms with Gasteiger partial charge in [-0.25, -0.2) is 5.43 Å². The molecule has 0 fully saturated rings. The standard InChI is InChI=1S/C25H17BrCl2N2O2/c26-22-11-16(5-10-24(22)32-15-20-8-9-21(27)13-23(20)28)14-29-30-25(31)19-7-6-17-3-1-2-4-18(17)12-19/h1-14H,15H2,(H,30,31)/b29-14-. The molecule has 0 aliphatic carbocycles. The van der Waals surface area contributed by atoms with Gasteiger partial charge in [-0.3, -0.25) is 4.79 Å². The molecule has 4 aromatic rings. The van der Waals surface area contributed by atoms with Gasteiger partial charge in [-0.15, -0.1) is 0 Å². The third-order valence-electron chi connectivity index (χ3n) is 4.75. The average molecular weight is 528 g/mol. The molecule has 0 aliphatic rings. The molecular formula is C25H17BrCl2N2O2. The zero-order chi connectivity index (χ0) is 22.5. The largest absolute Gasteiger partial charge is 0.488 e. The third-order valence-corrected chi connectivity index (χ3v) is 5.95. The first-order valence-electron chi connectivity index (χ1n) is 9.68. The summed E-state index contributed by atoms with van der Waals surface area (Å²) in [6, 6.07) is 24.2. The van der Waals surface area contributed by atoms with Crippen molar-refractivity contribution < 1.29 is 9.53 Å². The Morgan fingerprint density at radius 2 is 1.78 bits per heavy atom. The third kappa shape index (κ3) is 5.49. The lowest BCUT2D eigenvalue weighted by atomic mass is 10.1. The summed E-state index contributed by atoms with van der Waals surface area (Å²) in [6.07, 6.45) is 1.57. The van der Waals surface area contributed by atoms with Crippen molar-refractivity contribution in [3.63, 3.8) is 0 Å². The van der Waals surface area contributed by atoms with Crippen LogP contribution in [-0.4, -0.2) is 12.1 Å². The van der Waals surface area contributed by atoms with Crippen molar-refractivity contribution in [1.29, 1.82) is 0 Å². The lowest BCUT2D eigenvalue weighted by molar-refractivity contribution is 0.0955. The second-order valence-electron chi connectivity index (χ2n) is 6.98. The first kappa shape index (κ1) is 22.3. The van der Waals surface area contributed by atoms with Crippen LogP contribution in [0.4, 0.5) is 0 Å². The summed E-state index contributed by atoms with van der Waals surface area (Å²) in [6.45, 7) is 0.309. The second-order valence-corrected chi connectivity index (χ2v) is 8.67. The molecule has 160 valence electrons. The van der Waals surface area contributed by atoms with E-state index in [2.05, 4.69) is 26.5 Å². The minimum Gasteiger partial charge on any atom is -0.488 e. The topological polar surface area (TPSA) is 50.7 Å². The molecule has 0 heterocycles. The fourth-order valence-electron chi connectivity index (χ4n) is 3.07. The van der Waals surface area contributed by atoms with Gasteiger partial charge in [-0.05, 0) is 74.7 Å². The van der Waals surface area contributed by atoms with Gasteiger partial charge in [0.2, 0.25) is 0 Å². The predicted molar refractivity (Wildman–Crippen MR) is 134 cm³/mol. The van der Waals surface area contributed by atoms with Crippen LogP contribution in [0.15, 0.2) is 88.4 Å². The van der Waals surface area contributed by atoms with Gasteiger partial charge in [0, 0.05) is 21.2 Å². The molecule has 0 aliphatic heterocycles. The summed E-state index contributed by atoms with van der Waals surface area (Å²) in [4.78, 5) is 12.4. The van der Waals surface area contributed by atoms with Crippen molar-refractivity contribution in [3.8, 4) is 5.75 Å². The summed E-state index contributed by atoms with van der Waals surface area (Å²) in [5.74, 6) is 0.388. The summed E-state index contributed by atoms with van der Waals surface area (Å²) in [5, 5.41) is 7.29. The van der Waals surface area contributed by atoms with Gasteiger partial charge in [0.1, 0.15) is 12.4 Å². The Morgan fingerprint density at radius 3 is 2.56 bits per heavy atom. The van der Waals surface area contributed by atoms with Crippen LogP contribution in [0.5, 0.6) is 5.75 Å². The highest BCUT2D eigenvalue weighted by Crippen LogP contribution is 2.28. The monoisotopic (exact) mass is 526 g/mol. The smallest absolute Gasteiger partial charge is 0.271 e. The van der Waals surface area contributed by atoms with Crippen LogP contribution in [0.25, 0.3) is 10.8 Å². The van der Waals surface area contributed by atoms with Crippen LogP contribution in [-0.2, 0) is 6.61 Å². The summed E-state index contributed by atoms with van der Waals surface area (Å²) < 4.78 is 6.60. The Labute approximate surface area is 203 Å². The van der Waals surface area contributed by atoms with Gasteiger partial charge < -0.3 is 4.74 Å². The highest BCUT2D eigenvalue weighted by atomic mass is 79.9. The van der Waals surface area contributed by atoms with Gasteiger partial charge in [0.25, 0.3) is 5.91 Å². The molecule has 4 nitrogen and oxygen atoms in total. The lowest BCUT2D eigenvalue weighted by Gasteiger charge is -2.10. The molecule has 0 radical (unpaired) electrons. The number of carbonyl (C=O) groups excluding carboxylic acids is 1. The van der Waals surface area contributed by atoms with E-state index < -0.39 is 0 Å². The molecule has 4 aromatic carbocycles. The number of ether oxygens (including phenoxy) is 1. The second kappa shape index (κ2) is 10.2. The highest BCUT2D eigenvalue weighted by Gasteiger charge is 2.07. The van der Waals surface area contributed by atoms with E-state index in [1.54, 1.807) is 24.4 Å². The maximum absolute atomic E-state index is 12.4. The minimum absolute atomic E-state index is 0.272. The van der Waals surface area contributed by atoms with E-state index in [9.17, 15) is 4.79 Å². The van der Waals surface area contributed by atoms with Crippen molar-refractivity contribution >= 4 is 62.0 Å². The first-order valence-corrected chi connectivity index (χ1v) is 11.2. The van der Waals surface area contributed by atoms with E-state index in [-0.39, 0.29) is 5.91 Å². The van der Waals surface area contributed by atoms with Gasteiger partial charge >= 0.3 is 0 Å². The molecule has 0 unspecified atom stereocenters. The number of nitrogens with one attached hydrogen (secondary N) is 1. The summed E-state index contributed by atoms with van der Waals surface area (Å²) in [5.41, 5.74) is 4.75. The average Bonchev–Trinajstić information content (AvgIpc) is 2.79. The Bertz CT molecular complexity index is 1320. The van der Waals surface area contributed by atoms with E-state index in [4.69, 9.17) is 27.9 Å². The molecule has 4 rings (SSSR count). The number of rotatable bonds is 6. The number of carbonyl (C=O) groups is 1. The van der Waals surface area contributed by atoms with Crippen LogP contribution in [0.1, 0.15) is 21.5 Å². The highest BCUT2D eigenvalue weighted by molar-refractivity contribution is 9.10. The number of hydrogen-bond acceptors (Lipinski definition) is 3. The van der Waals surface area contributed by atoms with Crippen LogP contribution < -0.4 is 10.2 Å². The number of nitrogens with zero attached hydrogens (tertiary/aromatic N) is 1. The Kier molecular flexibility index (Phi) is 7.10. The molecular weight excluding hydrogens is 511 g/mol. The van der Waals surface area contributed by atoms with E-state index in [1.165, 1.54) is 0 Å². The van der Waals surface area contributed by atoms with Crippen molar-refractivity contribution in [3.05, 3.63) is 110 Å². The van der Waals surface area contributed by atoms with E-state index in [1.807, 2.05) is 60.7 Å². The van der Waals surface area contributed by atoms with Crippen LogP contribution in [0.3, 0.4) is 0 Å². The number of fused-ring (bicyclic) bond motifs is 1. The fourth-order valence-corrected chi connectivity index (χ4v) is 4.04. The van der Waals surface area contributed by atoms with Crippen molar-refractivity contribution in [2.45, 2.75) is 6.61 Å². The number of halogens is 3. The number of hydrogen-bond donors (Lipinski definition) is 1. The minimum atomic E-state index is -0.272. The Morgan fingerprint density at radius 1 is 0.969 bits per heavy atom. The van der Waals surface area contributed by atoms with Crippen LogP contribution >= 0.6 is 39.1 Å². The molecule has 32 heavy (non-hydrogen) atoms. The van der Waals surface area contributed by atoms with Crippen LogP contribution in [0, 0.1) is 0 Å². The number of amides is 1. The van der Waals surface area contributed by atoms with Gasteiger partial charge in [0.15, 0.2) is 0 Å². The molecule has 0 saturated carbocycles. The maximum atomic E-state index is 12.4. The molecule has 0 spiro atoms. The predicted octanol–water partition coefficient (Wildman–Crippen LogP) is 7.25. The normalized spacial score (nSPS) is 11.1. The molecule has 1 amide bonds. The van der Waals surface area contributed by atoms with Gasteiger partial charge in [-0.1, -0.05) is 59.6 Å². The molecule has 0 aromatic heterocycles. The summed E-state index contributed by atoms with van der Waals surface area (Å²) in [7, 11) is 0. The zero-order valence-corrected chi connectivity index (χ0v) is 19.8. The maximum Gasteiger partial charge on any atom is 0.271 e. The molecule has 7 heteroatoms. The van der Waals surface area contributed by atoms with Gasteiger partial charge in [0.05, 0.1) is 10.7 Å². The molecule has 0 bridgehead atoms. The lowest BCUT2D eigenvalue weighted by Crippen LogP contribution is -2.17. The molecule has 1 N–H and O–H groups in total.